The number of carboxylic acid groups (broad SMARTS) is 1. The SMILES string of the molecule is CI.CI.CN(CCCc1ccc2c(c1)Oc1ccccc1C2C(=O)O)CCCN1CCCC1. The van der Waals surface area contributed by atoms with Crippen LogP contribution >= 0.6 is 45.2 Å². The first kappa shape index (κ1) is 29.3. The molecule has 34 heavy (non-hydrogen) atoms. The lowest BCUT2D eigenvalue weighted by Crippen LogP contribution is -2.27. The van der Waals surface area contributed by atoms with Crippen LogP contribution in [0.1, 0.15) is 48.3 Å². The average Bonchev–Trinajstić information content (AvgIpc) is 3.38. The Labute approximate surface area is 232 Å². The first-order chi connectivity index (χ1) is 16.6. The maximum absolute atomic E-state index is 11.9. The zero-order chi connectivity index (χ0) is 24.9. The third-order valence-corrected chi connectivity index (χ3v) is 6.30. The number of likely N-dealkylation sites (tertiary alicyclic amines) is 1. The molecule has 2 heterocycles. The summed E-state index contributed by atoms with van der Waals surface area (Å²) in [5.74, 6) is -0.180. The Kier molecular flexibility index (Phi) is 13.8. The van der Waals surface area contributed by atoms with E-state index in [1.54, 1.807) is 0 Å². The van der Waals surface area contributed by atoms with Gasteiger partial charge in [-0.15, -0.1) is 0 Å². The van der Waals surface area contributed by atoms with E-state index in [9.17, 15) is 9.90 Å². The Hall–Kier alpha value is -0.910. The minimum atomic E-state index is -0.838. The summed E-state index contributed by atoms with van der Waals surface area (Å²) in [6.07, 6.45) is 6.00. The summed E-state index contributed by atoms with van der Waals surface area (Å²) >= 11 is 4.30. The molecular weight excluding hydrogens is 654 g/mol. The molecule has 1 saturated heterocycles. The van der Waals surface area contributed by atoms with Gasteiger partial charge < -0.3 is 19.6 Å². The number of aryl methyl sites for hydroxylation is 1. The molecule has 2 aliphatic heterocycles. The van der Waals surface area contributed by atoms with Crippen molar-refractivity contribution in [1.29, 1.82) is 0 Å². The van der Waals surface area contributed by atoms with Gasteiger partial charge in [0, 0.05) is 11.1 Å². The molecule has 4 rings (SSSR count). The number of alkyl halides is 2. The minimum Gasteiger partial charge on any atom is -0.481 e. The second kappa shape index (κ2) is 16.0. The van der Waals surface area contributed by atoms with Gasteiger partial charge in [0.1, 0.15) is 17.4 Å². The van der Waals surface area contributed by atoms with Crippen LogP contribution in [0, 0.1) is 0 Å². The molecule has 0 aromatic heterocycles. The number of para-hydroxylation sites is 1. The Morgan fingerprint density at radius 3 is 2.35 bits per heavy atom. The van der Waals surface area contributed by atoms with Crippen molar-refractivity contribution in [3.8, 4) is 11.5 Å². The van der Waals surface area contributed by atoms with Crippen LogP contribution in [0.25, 0.3) is 0 Å². The van der Waals surface area contributed by atoms with Crippen molar-refractivity contribution in [1.82, 2.24) is 9.80 Å². The molecular formula is C27H38I2N2O3. The van der Waals surface area contributed by atoms with Crippen LogP contribution in [0.4, 0.5) is 0 Å². The molecule has 0 bridgehead atoms. The van der Waals surface area contributed by atoms with Crippen LogP contribution in [0.15, 0.2) is 42.5 Å². The van der Waals surface area contributed by atoms with E-state index in [1.165, 1.54) is 44.5 Å². The first-order valence-corrected chi connectivity index (χ1v) is 16.2. The minimum absolute atomic E-state index is 0.646. The highest BCUT2D eigenvalue weighted by Gasteiger charge is 2.32. The normalized spacial score (nSPS) is 16.4. The Morgan fingerprint density at radius 2 is 1.65 bits per heavy atom. The second-order valence-corrected chi connectivity index (χ2v) is 8.59. The van der Waals surface area contributed by atoms with Crippen LogP contribution in [0.3, 0.4) is 0 Å². The molecule has 5 nitrogen and oxygen atoms in total. The number of hydrogen-bond acceptors (Lipinski definition) is 4. The fourth-order valence-electron chi connectivity index (χ4n) is 4.66. The molecule has 0 spiro atoms. The summed E-state index contributed by atoms with van der Waals surface area (Å²) in [7, 11) is 2.20. The third-order valence-electron chi connectivity index (χ3n) is 6.30. The van der Waals surface area contributed by atoms with Crippen molar-refractivity contribution in [3.05, 3.63) is 59.2 Å². The predicted molar refractivity (Wildman–Crippen MR) is 158 cm³/mol. The number of carbonyl (C=O) groups is 1. The number of benzene rings is 2. The number of fused-ring (bicyclic) bond motifs is 2. The lowest BCUT2D eigenvalue weighted by atomic mass is 9.87. The van der Waals surface area contributed by atoms with E-state index < -0.39 is 11.9 Å². The lowest BCUT2D eigenvalue weighted by molar-refractivity contribution is -0.137. The van der Waals surface area contributed by atoms with Crippen LogP contribution in [0.2, 0.25) is 0 Å². The lowest BCUT2D eigenvalue weighted by Gasteiger charge is -2.26. The molecule has 7 heteroatoms. The second-order valence-electron chi connectivity index (χ2n) is 8.59. The molecule has 1 unspecified atom stereocenters. The van der Waals surface area contributed by atoms with Gasteiger partial charge in [-0.1, -0.05) is 75.5 Å². The van der Waals surface area contributed by atoms with Gasteiger partial charge in [0.25, 0.3) is 0 Å². The number of nitrogens with zero attached hydrogens (tertiary/aromatic N) is 2. The molecule has 1 N–H and O–H groups in total. The number of carboxylic acids is 1. The summed E-state index contributed by atoms with van der Waals surface area (Å²) in [6.45, 7) is 5.98. The summed E-state index contributed by atoms with van der Waals surface area (Å²) in [5.41, 5.74) is 2.66. The molecule has 0 saturated carbocycles. The summed E-state index contributed by atoms with van der Waals surface area (Å²) in [4.78, 5) is 20.8. The topological polar surface area (TPSA) is 53.0 Å². The fraction of sp³-hybridized carbons (Fsp3) is 0.519. The molecule has 2 aliphatic rings. The molecule has 1 fully saturated rings. The van der Waals surface area contributed by atoms with Crippen molar-refractivity contribution in [2.24, 2.45) is 0 Å². The highest BCUT2D eigenvalue weighted by molar-refractivity contribution is 14.1. The van der Waals surface area contributed by atoms with Gasteiger partial charge in [0.2, 0.25) is 0 Å². The Balaban J connectivity index is 0.000000970. The third kappa shape index (κ3) is 8.34. The molecule has 2 aromatic rings. The highest BCUT2D eigenvalue weighted by atomic mass is 127. The number of hydrogen-bond donors (Lipinski definition) is 1. The van der Waals surface area contributed by atoms with E-state index >= 15 is 0 Å². The molecule has 2 aromatic carbocycles. The smallest absolute Gasteiger partial charge is 0.315 e. The zero-order valence-corrected chi connectivity index (χ0v) is 24.9. The summed E-state index contributed by atoms with van der Waals surface area (Å²) in [5, 5.41) is 9.78. The van der Waals surface area contributed by atoms with Crippen molar-refractivity contribution >= 4 is 51.2 Å². The van der Waals surface area contributed by atoms with E-state index in [0.717, 1.165) is 37.1 Å². The first-order valence-electron chi connectivity index (χ1n) is 11.9. The monoisotopic (exact) mass is 692 g/mol. The van der Waals surface area contributed by atoms with E-state index in [2.05, 4.69) is 68.1 Å². The highest BCUT2D eigenvalue weighted by Crippen LogP contribution is 2.44. The maximum atomic E-state index is 11.9. The number of halogens is 2. The van der Waals surface area contributed by atoms with Crippen LogP contribution < -0.4 is 4.74 Å². The number of ether oxygens (including phenoxy) is 1. The molecule has 0 radical (unpaired) electrons. The van der Waals surface area contributed by atoms with Crippen molar-refractivity contribution in [2.45, 2.75) is 38.0 Å². The van der Waals surface area contributed by atoms with Crippen LogP contribution in [-0.4, -0.2) is 70.5 Å². The number of aliphatic carboxylic acids is 1. The fourth-order valence-corrected chi connectivity index (χ4v) is 4.66. The Morgan fingerprint density at radius 1 is 1.00 bits per heavy atom. The summed E-state index contributed by atoms with van der Waals surface area (Å²) < 4.78 is 6.05. The standard InChI is InChI=1S/C25H32N2O3.2CH3I/c1-26(14-7-17-27-15-4-5-16-27)13-6-8-19-11-12-21-23(18-19)30-22-10-3-2-9-20(22)24(21)25(28)29;2*1-2/h2-3,9-12,18,24H,4-8,13-17H2,1H3,(H,28,29);2*1H3. The Bertz CT molecular complexity index is 888. The zero-order valence-electron chi connectivity index (χ0n) is 20.6. The number of rotatable bonds is 9. The molecule has 0 aliphatic carbocycles. The van der Waals surface area contributed by atoms with Gasteiger partial charge in [-0.3, -0.25) is 4.79 Å². The van der Waals surface area contributed by atoms with Crippen LogP contribution in [-0.2, 0) is 11.2 Å². The van der Waals surface area contributed by atoms with Crippen molar-refractivity contribution in [3.63, 3.8) is 0 Å². The van der Waals surface area contributed by atoms with E-state index in [-0.39, 0.29) is 0 Å². The van der Waals surface area contributed by atoms with Gasteiger partial charge >= 0.3 is 5.97 Å². The van der Waals surface area contributed by atoms with Gasteiger partial charge in [-0.25, -0.2) is 0 Å². The summed E-state index contributed by atoms with van der Waals surface area (Å²) in [6, 6.07) is 13.4. The van der Waals surface area contributed by atoms with Gasteiger partial charge in [0.05, 0.1) is 0 Å². The van der Waals surface area contributed by atoms with E-state index in [0.29, 0.717) is 11.5 Å². The quantitative estimate of drug-likeness (QED) is 0.242. The largest absolute Gasteiger partial charge is 0.481 e. The van der Waals surface area contributed by atoms with Gasteiger partial charge in [0.15, 0.2) is 0 Å². The maximum Gasteiger partial charge on any atom is 0.315 e. The van der Waals surface area contributed by atoms with Crippen molar-refractivity contribution in [2.75, 3.05) is 49.6 Å². The molecule has 1 atom stereocenters. The van der Waals surface area contributed by atoms with Gasteiger partial charge in [-0.05, 0) is 99.4 Å². The average molecular weight is 692 g/mol. The molecule has 0 amide bonds. The molecule has 188 valence electrons. The van der Waals surface area contributed by atoms with E-state index in [1.807, 2.05) is 46.3 Å². The van der Waals surface area contributed by atoms with Crippen LogP contribution in [0.5, 0.6) is 11.5 Å². The van der Waals surface area contributed by atoms with E-state index in [4.69, 9.17) is 4.74 Å². The predicted octanol–water partition coefficient (Wildman–Crippen LogP) is 6.46. The van der Waals surface area contributed by atoms with Gasteiger partial charge in [-0.2, -0.15) is 0 Å². The van der Waals surface area contributed by atoms with Crippen molar-refractivity contribution < 1.29 is 14.6 Å².